The summed E-state index contributed by atoms with van der Waals surface area (Å²) in [6.07, 6.45) is 0.730. The van der Waals surface area contributed by atoms with Gasteiger partial charge in [0.25, 0.3) is 0 Å². The van der Waals surface area contributed by atoms with Crippen LogP contribution in [0.1, 0.15) is 38.8 Å². The van der Waals surface area contributed by atoms with Crippen molar-refractivity contribution >= 4 is 15.9 Å². The van der Waals surface area contributed by atoms with E-state index in [2.05, 4.69) is 15.9 Å². The molecule has 2 atom stereocenters. The molecule has 2 unspecified atom stereocenters. The van der Waals surface area contributed by atoms with Crippen molar-refractivity contribution in [1.29, 1.82) is 0 Å². The van der Waals surface area contributed by atoms with Crippen LogP contribution in [-0.2, 0) is 4.74 Å². The minimum absolute atomic E-state index is 0.292. The molecule has 1 aromatic rings. The summed E-state index contributed by atoms with van der Waals surface area (Å²) in [7, 11) is 0. The first-order valence-corrected chi connectivity index (χ1v) is 6.58. The predicted octanol–water partition coefficient (Wildman–Crippen LogP) is 3.79. The molecule has 1 aromatic carbocycles. The van der Waals surface area contributed by atoms with Crippen LogP contribution < -0.4 is 5.73 Å². The number of benzene rings is 1. The highest BCUT2D eigenvalue weighted by Gasteiger charge is 2.33. The van der Waals surface area contributed by atoms with Gasteiger partial charge in [0, 0.05) is 16.6 Å². The maximum absolute atomic E-state index is 13.8. The van der Waals surface area contributed by atoms with Crippen LogP contribution in [0.2, 0.25) is 0 Å². The molecule has 1 rings (SSSR count). The molecule has 4 heteroatoms. The molecule has 96 valence electrons. The van der Waals surface area contributed by atoms with Gasteiger partial charge in [-0.3, -0.25) is 0 Å². The molecule has 0 fully saturated rings. The van der Waals surface area contributed by atoms with Crippen LogP contribution in [0.15, 0.2) is 22.7 Å². The quantitative estimate of drug-likeness (QED) is 0.898. The maximum Gasteiger partial charge on any atom is 0.128 e. The van der Waals surface area contributed by atoms with E-state index in [4.69, 9.17) is 10.5 Å². The number of ether oxygens (including phenoxy) is 1. The Labute approximate surface area is 110 Å². The molecule has 0 amide bonds. The van der Waals surface area contributed by atoms with Gasteiger partial charge in [0.05, 0.1) is 11.6 Å². The molecule has 0 aliphatic rings. The third-order valence-corrected chi connectivity index (χ3v) is 3.62. The van der Waals surface area contributed by atoms with E-state index >= 15 is 0 Å². The zero-order valence-electron chi connectivity index (χ0n) is 10.5. The summed E-state index contributed by atoms with van der Waals surface area (Å²) in [5.41, 5.74) is 6.09. The highest BCUT2D eigenvalue weighted by atomic mass is 79.9. The zero-order chi connectivity index (χ0) is 13.1. The fourth-order valence-corrected chi connectivity index (χ4v) is 2.20. The van der Waals surface area contributed by atoms with Gasteiger partial charge >= 0.3 is 0 Å². The van der Waals surface area contributed by atoms with E-state index in [1.165, 1.54) is 6.07 Å². The molecule has 2 nitrogen and oxygen atoms in total. The molecular formula is C13H19BrFNO. The molecule has 0 bridgehead atoms. The van der Waals surface area contributed by atoms with E-state index in [9.17, 15) is 4.39 Å². The topological polar surface area (TPSA) is 35.2 Å². The van der Waals surface area contributed by atoms with Gasteiger partial charge in [-0.15, -0.1) is 0 Å². The first kappa shape index (κ1) is 14.6. The average Bonchev–Trinajstić information content (AvgIpc) is 2.31. The van der Waals surface area contributed by atoms with E-state index in [0.717, 1.165) is 10.9 Å². The fourth-order valence-electron chi connectivity index (χ4n) is 1.82. The lowest BCUT2D eigenvalue weighted by atomic mass is 9.88. The van der Waals surface area contributed by atoms with E-state index in [1.54, 1.807) is 12.1 Å². The summed E-state index contributed by atoms with van der Waals surface area (Å²) in [6, 6.07) is 4.31. The monoisotopic (exact) mass is 303 g/mol. The number of rotatable bonds is 5. The Hall–Kier alpha value is -0.450. The molecule has 0 spiro atoms. The minimum Gasteiger partial charge on any atom is -0.374 e. The standard InChI is InChI=1S/C13H19BrFNO/c1-4-13(3,17-5-2)12(16)10-8-9(14)6-7-11(10)15/h6-8,12H,4-5,16H2,1-3H3. The van der Waals surface area contributed by atoms with Crippen LogP contribution in [0.4, 0.5) is 4.39 Å². The van der Waals surface area contributed by atoms with E-state index in [0.29, 0.717) is 12.2 Å². The lowest BCUT2D eigenvalue weighted by Gasteiger charge is -2.34. The first-order chi connectivity index (χ1) is 7.94. The smallest absolute Gasteiger partial charge is 0.128 e. The Morgan fingerprint density at radius 3 is 2.65 bits per heavy atom. The van der Waals surface area contributed by atoms with E-state index in [-0.39, 0.29) is 5.82 Å². The van der Waals surface area contributed by atoms with Crippen LogP contribution in [-0.4, -0.2) is 12.2 Å². The van der Waals surface area contributed by atoms with Crippen molar-refractivity contribution in [3.8, 4) is 0 Å². The van der Waals surface area contributed by atoms with Gasteiger partial charge in [-0.25, -0.2) is 4.39 Å². The molecule has 0 aromatic heterocycles. The van der Waals surface area contributed by atoms with E-state index in [1.807, 2.05) is 20.8 Å². The zero-order valence-corrected chi connectivity index (χ0v) is 12.1. The third kappa shape index (κ3) is 3.27. The van der Waals surface area contributed by atoms with Gasteiger partial charge in [0.1, 0.15) is 5.82 Å². The second-order valence-electron chi connectivity index (χ2n) is 4.24. The van der Waals surface area contributed by atoms with Crippen molar-refractivity contribution in [1.82, 2.24) is 0 Å². The number of hydrogen-bond acceptors (Lipinski definition) is 2. The minimum atomic E-state index is -0.545. The van der Waals surface area contributed by atoms with Crippen molar-refractivity contribution in [2.45, 2.75) is 38.8 Å². The van der Waals surface area contributed by atoms with Crippen LogP contribution >= 0.6 is 15.9 Å². The average molecular weight is 304 g/mol. The Bertz CT molecular complexity index is 386. The number of halogens is 2. The molecule has 0 aliphatic carbocycles. The van der Waals surface area contributed by atoms with Crippen molar-refractivity contribution in [2.24, 2.45) is 5.73 Å². The first-order valence-electron chi connectivity index (χ1n) is 5.79. The predicted molar refractivity (Wildman–Crippen MR) is 71.4 cm³/mol. The molecule has 0 aliphatic heterocycles. The van der Waals surface area contributed by atoms with Crippen molar-refractivity contribution in [2.75, 3.05) is 6.61 Å². The van der Waals surface area contributed by atoms with Gasteiger partial charge in [-0.2, -0.15) is 0 Å². The van der Waals surface area contributed by atoms with Crippen molar-refractivity contribution in [3.05, 3.63) is 34.1 Å². The molecule has 0 saturated carbocycles. The molecule has 0 radical (unpaired) electrons. The summed E-state index contributed by atoms with van der Waals surface area (Å²) in [5, 5.41) is 0. The Balaban J connectivity index is 3.09. The van der Waals surface area contributed by atoms with E-state index < -0.39 is 11.6 Å². The number of nitrogens with two attached hydrogens (primary N) is 1. The molecule has 0 heterocycles. The molecular weight excluding hydrogens is 285 g/mol. The number of hydrogen-bond donors (Lipinski definition) is 1. The van der Waals surface area contributed by atoms with Gasteiger partial charge in [0.2, 0.25) is 0 Å². The summed E-state index contributed by atoms with van der Waals surface area (Å²) < 4.78 is 20.3. The maximum atomic E-state index is 13.8. The Morgan fingerprint density at radius 1 is 1.47 bits per heavy atom. The SMILES string of the molecule is CCOC(C)(CC)C(N)c1cc(Br)ccc1F. The lowest BCUT2D eigenvalue weighted by Crippen LogP contribution is -2.41. The van der Waals surface area contributed by atoms with Gasteiger partial charge in [0.15, 0.2) is 0 Å². The summed E-state index contributed by atoms with van der Waals surface area (Å²) in [6.45, 7) is 6.39. The van der Waals surface area contributed by atoms with Crippen molar-refractivity contribution in [3.63, 3.8) is 0 Å². The largest absolute Gasteiger partial charge is 0.374 e. The highest BCUT2D eigenvalue weighted by Crippen LogP contribution is 2.32. The fraction of sp³-hybridized carbons (Fsp3) is 0.538. The van der Waals surface area contributed by atoms with Crippen molar-refractivity contribution < 1.29 is 9.13 Å². The van der Waals surface area contributed by atoms with Crippen LogP contribution in [0.25, 0.3) is 0 Å². The lowest BCUT2D eigenvalue weighted by molar-refractivity contribution is -0.0479. The van der Waals surface area contributed by atoms with Crippen LogP contribution in [0.5, 0.6) is 0 Å². The summed E-state index contributed by atoms with van der Waals surface area (Å²) in [5.74, 6) is -0.292. The third-order valence-electron chi connectivity index (χ3n) is 3.13. The Kier molecular flexibility index (Phi) is 5.10. The summed E-state index contributed by atoms with van der Waals surface area (Å²) >= 11 is 3.33. The molecule has 0 saturated heterocycles. The van der Waals surface area contributed by atoms with Gasteiger partial charge < -0.3 is 10.5 Å². The molecule has 2 N–H and O–H groups in total. The highest BCUT2D eigenvalue weighted by molar-refractivity contribution is 9.10. The molecule has 17 heavy (non-hydrogen) atoms. The Morgan fingerprint density at radius 2 is 2.12 bits per heavy atom. The second-order valence-corrected chi connectivity index (χ2v) is 5.16. The van der Waals surface area contributed by atoms with Gasteiger partial charge in [-0.1, -0.05) is 22.9 Å². The van der Waals surface area contributed by atoms with Gasteiger partial charge in [-0.05, 0) is 38.5 Å². The normalized spacial score (nSPS) is 16.6. The second kappa shape index (κ2) is 5.94. The van der Waals surface area contributed by atoms with Crippen LogP contribution in [0.3, 0.4) is 0 Å². The van der Waals surface area contributed by atoms with Crippen LogP contribution in [0, 0.1) is 5.82 Å². The summed E-state index contributed by atoms with van der Waals surface area (Å²) in [4.78, 5) is 0.